The lowest BCUT2D eigenvalue weighted by molar-refractivity contribution is -0.117. The van der Waals surface area contributed by atoms with Gasteiger partial charge in [-0.25, -0.2) is 4.68 Å². The maximum Gasteiger partial charge on any atom is 0.131 e. The SMILES string of the molecule is CCC[C@H](CC(C)=O)n1cc(-c2ccccc2)nn1. The highest BCUT2D eigenvalue weighted by molar-refractivity contribution is 5.75. The molecule has 0 aliphatic heterocycles. The van der Waals surface area contributed by atoms with Crippen LogP contribution in [0.4, 0.5) is 0 Å². The first kappa shape index (κ1) is 13.5. The summed E-state index contributed by atoms with van der Waals surface area (Å²) in [5.41, 5.74) is 1.90. The normalized spacial score (nSPS) is 12.3. The molecule has 0 aliphatic rings. The van der Waals surface area contributed by atoms with Gasteiger partial charge in [0, 0.05) is 12.0 Å². The molecular formula is C15H19N3O. The molecule has 0 N–H and O–H groups in total. The minimum Gasteiger partial charge on any atom is -0.300 e. The number of rotatable bonds is 6. The number of hydrogen-bond donors (Lipinski definition) is 0. The summed E-state index contributed by atoms with van der Waals surface area (Å²) in [6, 6.07) is 10.1. The van der Waals surface area contributed by atoms with E-state index in [0.29, 0.717) is 6.42 Å². The third-order valence-corrected chi connectivity index (χ3v) is 3.10. The van der Waals surface area contributed by atoms with Gasteiger partial charge in [-0.3, -0.25) is 4.79 Å². The van der Waals surface area contributed by atoms with Crippen LogP contribution in [0.2, 0.25) is 0 Å². The molecule has 1 aromatic carbocycles. The van der Waals surface area contributed by atoms with Gasteiger partial charge in [0.2, 0.25) is 0 Å². The van der Waals surface area contributed by atoms with E-state index in [1.165, 1.54) is 0 Å². The summed E-state index contributed by atoms with van der Waals surface area (Å²) in [6.07, 6.45) is 4.42. The van der Waals surface area contributed by atoms with Crippen molar-refractivity contribution in [2.75, 3.05) is 0 Å². The quantitative estimate of drug-likeness (QED) is 0.798. The molecular weight excluding hydrogens is 238 g/mol. The van der Waals surface area contributed by atoms with Gasteiger partial charge in [0.25, 0.3) is 0 Å². The van der Waals surface area contributed by atoms with Gasteiger partial charge in [0.15, 0.2) is 0 Å². The highest BCUT2D eigenvalue weighted by Gasteiger charge is 2.15. The van der Waals surface area contributed by atoms with Gasteiger partial charge in [0.1, 0.15) is 11.5 Å². The molecule has 19 heavy (non-hydrogen) atoms. The standard InChI is InChI=1S/C15H19N3O/c1-3-7-14(10-12(2)19)18-11-15(16-17-18)13-8-5-4-6-9-13/h4-6,8-9,11,14H,3,7,10H2,1-2H3/t14-/m1/s1. The molecule has 0 bridgehead atoms. The van der Waals surface area contributed by atoms with E-state index >= 15 is 0 Å². The first-order chi connectivity index (χ1) is 9.20. The van der Waals surface area contributed by atoms with E-state index in [4.69, 9.17) is 0 Å². The number of nitrogens with zero attached hydrogens (tertiary/aromatic N) is 3. The van der Waals surface area contributed by atoms with Crippen LogP contribution in [-0.4, -0.2) is 20.8 Å². The molecule has 0 fully saturated rings. The highest BCUT2D eigenvalue weighted by atomic mass is 16.1. The largest absolute Gasteiger partial charge is 0.300 e. The Bertz CT molecular complexity index is 533. The van der Waals surface area contributed by atoms with Gasteiger partial charge in [-0.2, -0.15) is 0 Å². The van der Waals surface area contributed by atoms with Crippen LogP contribution in [0, 0.1) is 0 Å². The lowest BCUT2D eigenvalue weighted by atomic mass is 10.1. The van der Waals surface area contributed by atoms with E-state index in [9.17, 15) is 4.79 Å². The Hall–Kier alpha value is -1.97. The van der Waals surface area contributed by atoms with Crippen molar-refractivity contribution in [3.63, 3.8) is 0 Å². The molecule has 0 saturated carbocycles. The van der Waals surface area contributed by atoms with Crippen LogP contribution in [-0.2, 0) is 4.79 Å². The lowest BCUT2D eigenvalue weighted by Gasteiger charge is -2.13. The van der Waals surface area contributed by atoms with E-state index in [1.54, 1.807) is 6.92 Å². The van der Waals surface area contributed by atoms with Gasteiger partial charge in [0.05, 0.1) is 12.2 Å². The van der Waals surface area contributed by atoms with Crippen molar-refractivity contribution in [1.29, 1.82) is 0 Å². The van der Waals surface area contributed by atoms with E-state index < -0.39 is 0 Å². The minimum atomic E-state index is 0.118. The van der Waals surface area contributed by atoms with E-state index in [0.717, 1.165) is 24.1 Å². The van der Waals surface area contributed by atoms with E-state index in [1.807, 2.05) is 41.2 Å². The van der Waals surface area contributed by atoms with Crippen LogP contribution in [0.1, 0.15) is 39.2 Å². The number of aromatic nitrogens is 3. The van der Waals surface area contributed by atoms with Gasteiger partial charge in [-0.15, -0.1) is 5.10 Å². The number of carbonyl (C=O) groups is 1. The molecule has 0 amide bonds. The molecule has 100 valence electrons. The van der Waals surface area contributed by atoms with Crippen molar-refractivity contribution in [3.8, 4) is 11.3 Å². The maximum atomic E-state index is 11.3. The Morgan fingerprint density at radius 3 is 2.68 bits per heavy atom. The smallest absolute Gasteiger partial charge is 0.131 e. The lowest BCUT2D eigenvalue weighted by Crippen LogP contribution is -2.13. The minimum absolute atomic E-state index is 0.118. The summed E-state index contributed by atoms with van der Waals surface area (Å²) in [5.74, 6) is 0.190. The van der Waals surface area contributed by atoms with Crippen molar-refractivity contribution in [2.24, 2.45) is 0 Å². The molecule has 0 spiro atoms. The second kappa shape index (κ2) is 6.27. The van der Waals surface area contributed by atoms with Gasteiger partial charge < -0.3 is 0 Å². The summed E-state index contributed by atoms with van der Waals surface area (Å²) in [6.45, 7) is 3.74. The Kier molecular flexibility index (Phi) is 4.44. The fraction of sp³-hybridized carbons (Fsp3) is 0.400. The van der Waals surface area contributed by atoms with Crippen LogP contribution in [0.5, 0.6) is 0 Å². The van der Waals surface area contributed by atoms with Crippen LogP contribution >= 0.6 is 0 Å². The zero-order valence-electron chi connectivity index (χ0n) is 11.4. The molecule has 1 aromatic heterocycles. The second-order valence-electron chi connectivity index (χ2n) is 4.80. The van der Waals surface area contributed by atoms with Crippen LogP contribution in [0.25, 0.3) is 11.3 Å². The summed E-state index contributed by atoms with van der Waals surface area (Å²) in [5, 5.41) is 8.38. The Labute approximate surface area is 113 Å². The number of carbonyl (C=O) groups excluding carboxylic acids is 1. The third kappa shape index (κ3) is 3.50. The molecule has 4 nitrogen and oxygen atoms in total. The number of ketones is 1. The molecule has 2 rings (SSSR count). The summed E-state index contributed by atoms with van der Waals surface area (Å²) in [4.78, 5) is 11.3. The number of hydrogen-bond acceptors (Lipinski definition) is 3. The zero-order valence-corrected chi connectivity index (χ0v) is 11.4. The number of benzene rings is 1. The maximum absolute atomic E-state index is 11.3. The van der Waals surface area contributed by atoms with Gasteiger partial charge >= 0.3 is 0 Å². The Morgan fingerprint density at radius 1 is 1.32 bits per heavy atom. The Balaban J connectivity index is 2.21. The predicted molar refractivity (Wildman–Crippen MR) is 74.7 cm³/mol. The molecule has 0 radical (unpaired) electrons. The summed E-state index contributed by atoms with van der Waals surface area (Å²) in [7, 11) is 0. The van der Waals surface area contributed by atoms with Gasteiger partial charge in [-0.05, 0) is 13.3 Å². The second-order valence-corrected chi connectivity index (χ2v) is 4.80. The molecule has 0 saturated heterocycles. The fourth-order valence-electron chi connectivity index (χ4n) is 2.19. The molecule has 4 heteroatoms. The monoisotopic (exact) mass is 257 g/mol. The van der Waals surface area contributed by atoms with Crippen molar-refractivity contribution < 1.29 is 4.79 Å². The van der Waals surface area contributed by atoms with Crippen molar-refractivity contribution >= 4 is 5.78 Å². The predicted octanol–water partition coefficient (Wildman–Crippen LogP) is 3.27. The molecule has 1 heterocycles. The first-order valence-corrected chi connectivity index (χ1v) is 6.67. The van der Waals surface area contributed by atoms with Crippen LogP contribution in [0.3, 0.4) is 0 Å². The van der Waals surface area contributed by atoms with Crippen molar-refractivity contribution in [2.45, 2.75) is 39.2 Å². The van der Waals surface area contributed by atoms with E-state index in [2.05, 4.69) is 17.2 Å². The van der Waals surface area contributed by atoms with Crippen molar-refractivity contribution in [1.82, 2.24) is 15.0 Å². The van der Waals surface area contributed by atoms with Crippen molar-refractivity contribution in [3.05, 3.63) is 36.5 Å². The fourth-order valence-corrected chi connectivity index (χ4v) is 2.19. The first-order valence-electron chi connectivity index (χ1n) is 6.67. The van der Waals surface area contributed by atoms with Crippen LogP contribution in [0.15, 0.2) is 36.5 Å². The molecule has 1 atom stereocenters. The third-order valence-electron chi connectivity index (χ3n) is 3.10. The molecule has 2 aromatic rings. The molecule has 0 aliphatic carbocycles. The summed E-state index contributed by atoms with van der Waals surface area (Å²) >= 11 is 0. The number of Topliss-reactive ketones (excluding diaryl/α,β-unsaturated/α-hetero) is 1. The van der Waals surface area contributed by atoms with Gasteiger partial charge in [-0.1, -0.05) is 48.9 Å². The zero-order chi connectivity index (χ0) is 13.7. The van der Waals surface area contributed by atoms with Crippen LogP contribution < -0.4 is 0 Å². The highest BCUT2D eigenvalue weighted by Crippen LogP contribution is 2.21. The molecule has 0 unspecified atom stereocenters. The topological polar surface area (TPSA) is 47.8 Å². The van der Waals surface area contributed by atoms with E-state index in [-0.39, 0.29) is 11.8 Å². The summed E-state index contributed by atoms with van der Waals surface area (Å²) < 4.78 is 1.83. The Morgan fingerprint density at radius 2 is 2.05 bits per heavy atom. The average molecular weight is 257 g/mol. The average Bonchev–Trinajstić information content (AvgIpc) is 2.88.